The lowest BCUT2D eigenvalue weighted by molar-refractivity contribution is 0.0530. The Morgan fingerprint density at radius 1 is 1.50 bits per heavy atom. The monoisotopic (exact) mass is 220 g/mol. The maximum atomic E-state index is 12.0. The molecule has 2 N–H and O–H groups in total. The fraction of sp³-hybridized carbons (Fsp3) is 0.417. The van der Waals surface area contributed by atoms with Crippen LogP contribution in [0.25, 0.3) is 0 Å². The van der Waals surface area contributed by atoms with Crippen LogP contribution >= 0.6 is 0 Å². The zero-order valence-electron chi connectivity index (χ0n) is 9.56. The van der Waals surface area contributed by atoms with Gasteiger partial charge < -0.3 is 15.4 Å². The third-order valence-electron chi connectivity index (χ3n) is 2.83. The number of likely N-dealkylation sites (tertiary alicyclic amines) is 1. The summed E-state index contributed by atoms with van der Waals surface area (Å²) in [5.41, 5.74) is 6.88. The minimum atomic E-state index is 0.0522. The Bertz CT molecular complexity index is 411. The number of methoxy groups -OCH3 is 1. The largest absolute Gasteiger partial charge is 0.495 e. The van der Waals surface area contributed by atoms with Crippen LogP contribution in [-0.4, -0.2) is 31.0 Å². The minimum absolute atomic E-state index is 0.0522. The molecule has 1 fully saturated rings. The van der Waals surface area contributed by atoms with Crippen LogP contribution in [0.5, 0.6) is 5.75 Å². The number of ether oxygens (including phenoxy) is 1. The summed E-state index contributed by atoms with van der Waals surface area (Å²) in [7, 11) is 1.55. The number of carbonyl (C=O) groups is 1. The zero-order chi connectivity index (χ0) is 11.7. The van der Waals surface area contributed by atoms with E-state index in [2.05, 4.69) is 6.92 Å². The molecule has 86 valence electrons. The molecular formula is C12H16N2O2. The third-order valence-corrected chi connectivity index (χ3v) is 2.83. The van der Waals surface area contributed by atoms with Gasteiger partial charge in [-0.1, -0.05) is 6.92 Å². The molecular weight excluding hydrogens is 204 g/mol. The third kappa shape index (κ3) is 1.83. The molecule has 4 nitrogen and oxygen atoms in total. The molecule has 0 atom stereocenters. The molecule has 1 heterocycles. The molecule has 0 unspecified atom stereocenters. The molecule has 16 heavy (non-hydrogen) atoms. The van der Waals surface area contributed by atoms with Crippen LogP contribution in [-0.2, 0) is 0 Å². The molecule has 0 bridgehead atoms. The molecule has 0 saturated carbocycles. The van der Waals surface area contributed by atoms with Gasteiger partial charge in [0, 0.05) is 18.7 Å². The van der Waals surface area contributed by atoms with Gasteiger partial charge in [-0.15, -0.1) is 0 Å². The molecule has 4 heteroatoms. The molecule has 0 radical (unpaired) electrons. The summed E-state index contributed by atoms with van der Waals surface area (Å²) in [4.78, 5) is 13.8. The van der Waals surface area contributed by atoms with Crippen molar-refractivity contribution in [3.8, 4) is 5.75 Å². The van der Waals surface area contributed by atoms with E-state index in [1.807, 2.05) is 4.90 Å². The fourth-order valence-corrected chi connectivity index (χ4v) is 1.89. The van der Waals surface area contributed by atoms with Crippen LogP contribution in [0.4, 0.5) is 5.69 Å². The number of rotatable bonds is 2. The summed E-state index contributed by atoms with van der Waals surface area (Å²) in [6, 6.07) is 5.14. The van der Waals surface area contributed by atoms with Gasteiger partial charge in [0.2, 0.25) is 0 Å². The number of nitrogens with zero attached hydrogens (tertiary/aromatic N) is 1. The summed E-state index contributed by atoms with van der Waals surface area (Å²) in [6.07, 6.45) is 0. The molecule has 2 rings (SSSR count). The van der Waals surface area contributed by atoms with Crippen molar-refractivity contribution >= 4 is 11.6 Å². The SMILES string of the molecule is COc1cc(C(=O)N2CC(C)C2)ccc1N. The van der Waals surface area contributed by atoms with E-state index < -0.39 is 0 Å². The number of hydrogen-bond acceptors (Lipinski definition) is 3. The first-order valence-corrected chi connectivity index (χ1v) is 5.34. The van der Waals surface area contributed by atoms with Crippen molar-refractivity contribution in [1.82, 2.24) is 4.90 Å². The first kappa shape index (κ1) is 10.8. The molecule has 1 aliphatic heterocycles. The lowest BCUT2D eigenvalue weighted by atomic mass is 10.0. The number of anilines is 1. The van der Waals surface area contributed by atoms with Gasteiger partial charge in [0.05, 0.1) is 12.8 Å². The Labute approximate surface area is 95.0 Å². The summed E-state index contributed by atoms with van der Waals surface area (Å²) in [5.74, 6) is 1.22. The molecule has 1 aromatic rings. The van der Waals surface area contributed by atoms with Crippen molar-refractivity contribution in [2.75, 3.05) is 25.9 Å². The summed E-state index contributed by atoms with van der Waals surface area (Å²) in [5, 5.41) is 0. The number of carbonyl (C=O) groups excluding carboxylic acids is 1. The molecule has 1 saturated heterocycles. The van der Waals surface area contributed by atoms with Crippen molar-refractivity contribution < 1.29 is 9.53 Å². The van der Waals surface area contributed by atoms with Crippen molar-refractivity contribution in [2.24, 2.45) is 5.92 Å². The van der Waals surface area contributed by atoms with Gasteiger partial charge in [0.25, 0.3) is 5.91 Å². The topological polar surface area (TPSA) is 55.6 Å². The van der Waals surface area contributed by atoms with Crippen molar-refractivity contribution in [1.29, 1.82) is 0 Å². The highest BCUT2D eigenvalue weighted by Crippen LogP contribution is 2.24. The highest BCUT2D eigenvalue weighted by Gasteiger charge is 2.28. The lowest BCUT2D eigenvalue weighted by Gasteiger charge is -2.37. The maximum absolute atomic E-state index is 12.0. The van der Waals surface area contributed by atoms with E-state index in [-0.39, 0.29) is 5.91 Å². The van der Waals surface area contributed by atoms with Gasteiger partial charge in [0.15, 0.2) is 0 Å². The van der Waals surface area contributed by atoms with Crippen LogP contribution in [0.1, 0.15) is 17.3 Å². The highest BCUT2D eigenvalue weighted by molar-refractivity contribution is 5.95. The van der Waals surface area contributed by atoms with Crippen LogP contribution in [0, 0.1) is 5.92 Å². The van der Waals surface area contributed by atoms with Gasteiger partial charge in [0.1, 0.15) is 5.75 Å². The van der Waals surface area contributed by atoms with Gasteiger partial charge in [-0.05, 0) is 24.1 Å². The normalized spacial score (nSPS) is 15.8. The smallest absolute Gasteiger partial charge is 0.254 e. The first-order chi connectivity index (χ1) is 7.61. The van der Waals surface area contributed by atoms with E-state index in [9.17, 15) is 4.79 Å². The predicted octanol–water partition coefficient (Wildman–Crippen LogP) is 1.37. The van der Waals surface area contributed by atoms with E-state index >= 15 is 0 Å². The van der Waals surface area contributed by atoms with E-state index in [0.717, 1.165) is 13.1 Å². The predicted molar refractivity (Wildman–Crippen MR) is 62.5 cm³/mol. The summed E-state index contributed by atoms with van der Waals surface area (Å²) < 4.78 is 5.09. The number of nitrogen functional groups attached to an aromatic ring is 1. The second-order valence-corrected chi connectivity index (χ2v) is 4.27. The van der Waals surface area contributed by atoms with Gasteiger partial charge in [-0.25, -0.2) is 0 Å². The average molecular weight is 220 g/mol. The minimum Gasteiger partial charge on any atom is -0.495 e. The molecule has 0 spiro atoms. The molecule has 1 aromatic carbocycles. The van der Waals surface area contributed by atoms with E-state index in [4.69, 9.17) is 10.5 Å². The second-order valence-electron chi connectivity index (χ2n) is 4.27. The fourth-order valence-electron chi connectivity index (χ4n) is 1.89. The second kappa shape index (κ2) is 4.04. The number of hydrogen-bond donors (Lipinski definition) is 1. The Morgan fingerprint density at radius 2 is 2.19 bits per heavy atom. The molecule has 0 aromatic heterocycles. The average Bonchev–Trinajstić information content (AvgIpc) is 2.24. The van der Waals surface area contributed by atoms with Crippen molar-refractivity contribution in [2.45, 2.75) is 6.92 Å². The van der Waals surface area contributed by atoms with Gasteiger partial charge in [-0.2, -0.15) is 0 Å². The number of amides is 1. The summed E-state index contributed by atoms with van der Waals surface area (Å²) >= 11 is 0. The standard InChI is InChI=1S/C12H16N2O2/c1-8-6-14(7-8)12(15)9-3-4-10(13)11(5-9)16-2/h3-5,8H,6-7,13H2,1-2H3. The first-order valence-electron chi connectivity index (χ1n) is 5.34. The Balaban J connectivity index is 2.17. The highest BCUT2D eigenvalue weighted by atomic mass is 16.5. The van der Waals surface area contributed by atoms with Gasteiger partial charge >= 0.3 is 0 Å². The Kier molecular flexibility index (Phi) is 2.73. The quantitative estimate of drug-likeness (QED) is 0.766. The van der Waals surface area contributed by atoms with Crippen LogP contribution in [0.2, 0.25) is 0 Å². The Hall–Kier alpha value is -1.71. The van der Waals surface area contributed by atoms with E-state index in [0.29, 0.717) is 22.9 Å². The molecule has 1 amide bonds. The van der Waals surface area contributed by atoms with Crippen LogP contribution in [0.3, 0.4) is 0 Å². The Morgan fingerprint density at radius 3 is 2.75 bits per heavy atom. The van der Waals surface area contributed by atoms with E-state index in [1.54, 1.807) is 25.3 Å². The molecule has 0 aliphatic carbocycles. The lowest BCUT2D eigenvalue weighted by Crippen LogP contribution is -2.48. The van der Waals surface area contributed by atoms with Crippen LogP contribution in [0.15, 0.2) is 18.2 Å². The molecule has 1 aliphatic rings. The maximum Gasteiger partial charge on any atom is 0.254 e. The van der Waals surface area contributed by atoms with E-state index in [1.165, 1.54) is 0 Å². The zero-order valence-corrected chi connectivity index (χ0v) is 9.56. The van der Waals surface area contributed by atoms with Crippen molar-refractivity contribution in [3.63, 3.8) is 0 Å². The van der Waals surface area contributed by atoms with Crippen LogP contribution < -0.4 is 10.5 Å². The van der Waals surface area contributed by atoms with Crippen molar-refractivity contribution in [3.05, 3.63) is 23.8 Å². The van der Waals surface area contributed by atoms with Gasteiger partial charge in [-0.3, -0.25) is 4.79 Å². The summed E-state index contributed by atoms with van der Waals surface area (Å²) in [6.45, 7) is 3.81. The number of nitrogens with two attached hydrogens (primary N) is 1. The number of benzene rings is 1.